The van der Waals surface area contributed by atoms with Gasteiger partial charge in [0.15, 0.2) is 0 Å². The molecule has 0 aliphatic heterocycles. The van der Waals surface area contributed by atoms with Crippen molar-refractivity contribution in [1.82, 2.24) is 10.6 Å². The Morgan fingerprint density at radius 1 is 1.05 bits per heavy atom. The van der Waals surface area contributed by atoms with Gasteiger partial charge in [-0.2, -0.15) is 0 Å². The average Bonchev–Trinajstić information content (AvgIpc) is 2.40. The quantitative estimate of drug-likeness (QED) is 0.541. The molecule has 2 N–H and O–H groups in total. The van der Waals surface area contributed by atoms with E-state index in [2.05, 4.69) is 29.2 Å². The van der Waals surface area contributed by atoms with Crippen LogP contribution in [0.15, 0.2) is 0 Å². The highest BCUT2D eigenvalue weighted by molar-refractivity contribution is 5.80. The fraction of sp³-hybridized carbons (Fsp3) is 0.867. The molecule has 5 nitrogen and oxygen atoms in total. The van der Waals surface area contributed by atoms with Crippen LogP contribution in [0.3, 0.4) is 0 Å². The summed E-state index contributed by atoms with van der Waals surface area (Å²) in [6.45, 7) is 6.32. The molecule has 0 saturated carbocycles. The van der Waals surface area contributed by atoms with E-state index in [-0.39, 0.29) is 6.09 Å². The van der Waals surface area contributed by atoms with E-state index in [9.17, 15) is 9.59 Å². The Balaban J connectivity index is 3.23. The summed E-state index contributed by atoms with van der Waals surface area (Å²) in [4.78, 5) is 22.3. The molecule has 0 aliphatic rings. The van der Waals surface area contributed by atoms with Crippen LogP contribution in [0.2, 0.25) is 0 Å². The Morgan fingerprint density at radius 3 is 2.35 bits per heavy atom. The third-order valence-corrected chi connectivity index (χ3v) is 2.96. The van der Waals surface area contributed by atoms with Crippen LogP contribution in [0, 0.1) is 5.92 Å². The second-order valence-electron chi connectivity index (χ2n) is 5.50. The van der Waals surface area contributed by atoms with E-state index in [1.807, 2.05) is 0 Å². The third kappa shape index (κ3) is 13.3. The minimum Gasteiger partial charge on any atom is -0.453 e. The molecule has 0 unspecified atom stereocenters. The SMILES string of the molecule is COC(=O)NCCCCCCCC(=O)CNCC(C)C. The zero-order valence-electron chi connectivity index (χ0n) is 13.2. The van der Waals surface area contributed by atoms with Gasteiger partial charge in [-0.25, -0.2) is 4.79 Å². The number of nitrogens with one attached hydrogen (secondary N) is 2. The number of ketones is 1. The van der Waals surface area contributed by atoms with Crippen molar-refractivity contribution in [3.05, 3.63) is 0 Å². The predicted molar refractivity (Wildman–Crippen MR) is 80.8 cm³/mol. The number of Topliss-reactive ketones (excluding diaryl/α,β-unsaturated/α-hetero) is 1. The molecule has 0 aromatic rings. The number of amides is 1. The van der Waals surface area contributed by atoms with Crippen LogP contribution < -0.4 is 10.6 Å². The van der Waals surface area contributed by atoms with Gasteiger partial charge in [-0.05, 0) is 25.3 Å². The highest BCUT2D eigenvalue weighted by Crippen LogP contribution is 2.05. The molecule has 0 fully saturated rings. The molecule has 0 spiro atoms. The molecule has 1 amide bonds. The Bertz CT molecular complexity index is 268. The van der Waals surface area contributed by atoms with Gasteiger partial charge < -0.3 is 15.4 Å². The van der Waals surface area contributed by atoms with E-state index in [0.717, 1.165) is 38.6 Å². The predicted octanol–water partition coefficient (Wildman–Crippen LogP) is 2.50. The van der Waals surface area contributed by atoms with Gasteiger partial charge in [0.2, 0.25) is 0 Å². The Labute approximate surface area is 122 Å². The zero-order chi connectivity index (χ0) is 15.2. The van der Waals surface area contributed by atoms with E-state index in [1.165, 1.54) is 7.11 Å². The van der Waals surface area contributed by atoms with Crippen molar-refractivity contribution in [3.63, 3.8) is 0 Å². The van der Waals surface area contributed by atoms with Gasteiger partial charge in [-0.1, -0.05) is 33.1 Å². The number of rotatable bonds is 12. The number of ether oxygens (including phenoxy) is 1. The lowest BCUT2D eigenvalue weighted by Crippen LogP contribution is -2.26. The van der Waals surface area contributed by atoms with Crippen molar-refractivity contribution >= 4 is 11.9 Å². The highest BCUT2D eigenvalue weighted by atomic mass is 16.5. The summed E-state index contributed by atoms with van der Waals surface area (Å²) in [6, 6.07) is 0. The van der Waals surface area contributed by atoms with Crippen molar-refractivity contribution in [2.75, 3.05) is 26.7 Å². The average molecular weight is 286 g/mol. The third-order valence-electron chi connectivity index (χ3n) is 2.96. The van der Waals surface area contributed by atoms with Gasteiger partial charge >= 0.3 is 6.09 Å². The molecular formula is C15H30N2O3. The molecule has 0 rings (SSSR count). The number of hydrogen-bond donors (Lipinski definition) is 2. The highest BCUT2D eigenvalue weighted by Gasteiger charge is 2.02. The summed E-state index contributed by atoms with van der Waals surface area (Å²) < 4.78 is 4.48. The minimum atomic E-state index is -0.371. The number of unbranched alkanes of at least 4 members (excludes halogenated alkanes) is 4. The van der Waals surface area contributed by atoms with Gasteiger partial charge in [0.1, 0.15) is 5.78 Å². The second kappa shape index (κ2) is 12.9. The van der Waals surface area contributed by atoms with Gasteiger partial charge in [0.25, 0.3) is 0 Å². The summed E-state index contributed by atoms with van der Waals surface area (Å²) in [5.41, 5.74) is 0. The van der Waals surface area contributed by atoms with Crippen molar-refractivity contribution < 1.29 is 14.3 Å². The molecule has 0 heterocycles. The number of alkyl carbamates (subject to hydrolysis) is 1. The lowest BCUT2D eigenvalue weighted by atomic mass is 10.1. The van der Waals surface area contributed by atoms with Crippen LogP contribution in [-0.2, 0) is 9.53 Å². The number of carbonyl (C=O) groups is 2. The molecule has 0 aliphatic carbocycles. The fourth-order valence-corrected chi connectivity index (χ4v) is 1.83. The topological polar surface area (TPSA) is 67.4 Å². The van der Waals surface area contributed by atoms with Crippen molar-refractivity contribution in [3.8, 4) is 0 Å². The maximum atomic E-state index is 11.5. The Kier molecular flexibility index (Phi) is 12.2. The molecular weight excluding hydrogens is 256 g/mol. The molecule has 0 aromatic heterocycles. The molecule has 20 heavy (non-hydrogen) atoms. The van der Waals surface area contributed by atoms with E-state index in [0.29, 0.717) is 31.2 Å². The second-order valence-corrected chi connectivity index (χ2v) is 5.50. The molecule has 0 radical (unpaired) electrons. The minimum absolute atomic E-state index is 0.304. The number of carbonyl (C=O) groups excluding carboxylic acids is 2. The number of hydrogen-bond acceptors (Lipinski definition) is 4. The maximum absolute atomic E-state index is 11.5. The molecule has 0 aromatic carbocycles. The first-order chi connectivity index (χ1) is 9.56. The molecule has 0 bridgehead atoms. The Morgan fingerprint density at radius 2 is 1.70 bits per heavy atom. The van der Waals surface area contributed by atoms with Crippen molar-refractivity contribution in [2.45, 2.75) is 52.4 Å². The van der Waals surface area contributed by atoms with Crippen LogP contribution in [0.4, 0.5) is 4.79 Å². The smallest absolute Gasteiger partial charge is 0.406 e. The van der Waals surface area contributed by atoms with Gasteiger partial charge in [0.05, 0.1) is 13.7 Å². The van der Waals surface area contributed by atoms with Crippen molar-refractivity contribution in [2.24, 2.45) is 5.92 Å². The first-order valence-electron chi connectivity index (χ1n) is 7.60. The summed E-state index contributed by atoms with van der Waals surface area (Å²) in [5.74, 6) is 0.888. The van der Waals surface area contributed by atoms with Gasteiger partial charge in [0, 0.05) is 13.0 Å². The first kappa shape index (κ1) is 18.9. The maximum Gasteiger partial charge on any atom is 0.406 e. The summed E-state index contributed by atoms with van der Waals surface area (Å²) in [7, 11) is 1.36. The zero-order valence-corrected chi connectivity index (χ0v) is 13.2. The molecule has 5 heteroatoms. The normalized spacial score (nSPS) is 10.6. The monoisotopic (exact) mass is 286 g/mol. The lowest BCUT2D eigenvalue weighted by Gasteiger charge is -2.06. The van der Waals surface area contributed by atoms with Crippen LogP contribution >= 0.6 is 0 Å². The van der Waals surface area contributed by atoms with E-state index < -0.39 is 0 Å². The largest absolute Gasteiger partial charge is 0.453 e. The standard InChI is InChI=1S/C15H30N2O3/c1-13(2)11-16-12-14(18)9-7-5-4-6-8-10-17-15(19)20-3/h13,16H,4-12H2,1-3H3,(H,17,19). The van der Waals surface area contributed by atoms with Crippen LogP contribution in [0.25, 0.3) is 0 Å². The van der Waals surface area contributed by atoms with Crippen LogP contribution in [0.1, 0.15) is 52.4 Å². The van der Waals surface area contributed by atoms with E-state index in [1.54, 1.807) is 0 Å². The summed E-state index contributed by atoms with van der Waals surface area (Å²) in [6.07, 6.45) is 5.48. The summed E-state index contributed by atoms with van der Waals surface area (Å²) >= 11 is 0. The molecule has 0 saturated heterocycles. The van der Waals surface area contributed by atoms with Gasteiger partial charge in [-0.3, -0.25) is 4.79 Å². The summed E-state index contributed by atoms with van der Waals surface area (Å²) in [5, 5.41) is 5.82. The van der Waals surface area contributed by atoms with Crippen LogP contribution in [-0.4, -0.2) is 38.6 Å². The molecule has 118 valence electrons. The number of methoxy groups -OCH3 is 1. The Hall–Kier alpha value is -1.10. The van der Waals surface area contributed by atoms with E-state index in [4.69, 9.17) is 0 Å². The molecule has 0 atom stereocenters. The lowest BCUT2D eigenvalue weighted by molar-refractivity contribution is -0.118. The fourth-order valence-electron chi connectivity index (χ4n) is 1.83. The van der Waals surface area contributed by atoms with Crippen LogP contribution in [0.5, 0.6) is 0 Å². The first-order valence-corrected chi connectivity index (χ1v) is 7.60. The van der Waals surface area contributed by atoms with Gasteiger partial charge in [-0.15, -0.1) is 0 Å². The van der Waals surface area contributed by atoms with Crippen molar-refractivity contribution in [1.29, 1.82) is 0 Å². The van der Waals surface area contributed by atoms with E-state index >= 15 is 0 Å².